The van der Waals surface area contributed by atoms with Crippen molar-refractivity contribution in [3.05, 3.63) is 108 Å². The molecule has 0 fully saturated rings. The number of hydrogen-bond donors (Lipinski definition) is 2. The lowest BCUT2D eigenvalue weighted by Crippen LogP contribution is -2.13. The standard InChI is InChI=1S/C24H18N2O2/c27-23(18-7-2-1-3-8-18)25-21-12-14-22(15-13-21)26-24(28)20-11-10-17-6-4-5-9-19(17)16-20/h1-16H,(H,25,27)(H,26,28). The minimum Gasteiger partial charge on any atom is -0.322 e. The van der Waals surface area contributed by atoms with Gasteiger partial charge in [0.1, 0.15) is 0 Å². The van der Waals surface area contributed by atoms with Crippen LogP contribution in [0.3, 0.4) is 0 Å². The number of benzene rings is 4. The maximum absolute atomic E-state index is 12.5. The summed E-state index contributed by atoms with van der Waals surface area (Å²) in [5, 5.41) is 7.84. The summed E-state index contributed by atoms with van der Waals surface area (Å²) in [4.78, 5) is 24.7. The molecule has 0 aliphatic heterocycles. The Morgan fingerprint density at radius 1 is 0.500 bits per heavy atom. The number of nitrogens with one attached hydrogen (secondary N) is 2. The van der Waals surface area contributed by atoms with Gasteiger partial charge in [-0.2, -0.15) is 0 Å². The average molecular weight is 366 g/mol. The van der Waals surface area contributed by atoms with E-state index in [4.69, 9.17) is 0 Å². The van der Waals surface area contributed by atoms with Gasteiger partial charge < -0.3 is 10.6 Å². The Morgan fingerprint density at radius 2 is 1.04 bits per heavy atom. The van der Waals surface area contributed by atoms with E-state index in [0.717, 1.165) is 10.8 Å². The number of carbonyl (C=O) groups is 2. The zero-order valence-electron chi connectivity index (χ0n) is 15.1. The third-order valence-electron chi connectivity index (χ3n) is 4.45. The second-order valence-electron chi connectivity index (χ2n) is 6.41. The van der Waals surface area contributed by atoms with Crippen LogP contribution < -0.4 is 10.6 Å². The van der Waals surface area contributed by atoms with E-state index in [1.54, 1.807) is 36.4 Å². The lowest BCUT2D eigenvalue weighted by Gasteiger charge is -2.09. The lowest BCUT2D eigenvalue weighted by atomic mass is 10.1. The molecule has 4 aromatic rings. The number of anilines is 2. The molecular weight excluding hydrogens is 348 g/mol. The Morgan fingerprint density at radius 3 is 1.68 bits per heavy atom. The summed E-state index contributed by atoms with van der Waals surface area (Å²) in [6.07, 6.45) is 0. The fraction of sp³-hybridized carbons (Fsp3) is 0. The number of fused-ring (bicyclic) bond motifs is 1. The molecule has 0 saturated carbocycles. The molecule has 0 heterocycles. The van der Waals surface area contributed by atoms with Crippen molar-refractivity contribution in [1.82, 2.24) is 0 Å². The quantitative estimate of drug-likeness (QED) is 0.512. The number of amides is 2. The monoisotopic (exact) mass is 366 g/mol. The van der Waals surface area contributed by atoms with Gasteiger partial charge in [0, 0.05) is 22.5 Å². The van der Waals surface area contributed by atoms with Crippen molar-refractivity contribution in [3.63, 3.8) is 0 Å². The van der Waals surface area contributed by atoms with E-state index in [1.165, 1.54) is 0 Å². The molecule has 0 unspecified atom stereocenters. The van der Waals surface area contributed by atoms with Crippen LogP contribution in [0.5, 0.6) is 0 Å². The second-order valence-corrected chi connectivity index (χ2v) is 6.41. The predicted octanol–water partition coefficient (Wildman–Crippen LogP) is 5.34. The predicted molar refractivity (Wildman–Crippen MR) is 113 cm³/mol. The maximum atomic E-state index is 12.5. The van der Waals surface area contributed by atoms with Gasteiger partial charge in [-0.1, -0.05) is 48.5 Å². The Balaban J connectivity index is 1.43. The zero-order chi connectivity index (χ0) is 19.3. The highest BCUT2D eigenvalue weighted by molar-refractivity contribution is 6.07. The first-order chi connectivity index (χ1) is 13.7. The van der Waals surface area contributed by atoms with E-state index in [0.29, 0.717) is 22.5 Å². The van der Waals surface area contributed by atoms with Gasteiger partial charge in [0.2, 0.25) is 0 Å². The van der Waals surface area contributed by atoms with Gasteiger partial charge in [0.05, 0.1) is 0 Å². The fourth-order valence-corrected chi connectivity index (χ4v) is 2.96. The summed E-state index contributed by atoms with van der Waals surface area (Å²) in [7, 11) is 0. The Hall–Kier alpha value is -3.92. The molecular formula is C24H18N2O2. The lowest BCUT2D eigenvalue weighted by molar-refractivity contribution is 0.101. The topological polar surface area (TPSA) is 58.2 Å². The van der Waals surface area contributed by atoms with Crippen LogP contribution in [0.1, 0.15) is 20.7 Å². The highest BCUT2D eigenvalue weighted by Gasteiger charge is 2.08. The van der Waals surface area contributed by atoms with Crippen LogP contribution in [0.2, 0.25) is 0 Å². The molecule has 0 radical (unpaired) electrons. The summed E-state index contributed by atoms with van der Waals surface area (Å²) >= 11 is 0. The molecule has 4 aromatic carbocycles. The van der Waals surface area contributed by atoms with Gasteiger partial charge in [-0.15, -0.1) is 0 Å². The number of hydrogen-bond acceptors (Lipinski definition) is 2. The smallest absolute Gasteiger partial charge is 0.255 e. The van der Waals surface area contributed by atoms with Crippen molar-refractivity contribution < 1.29 is 9.59 Å². The van der Waals surface area contributed by atoms with Crippen molar-refractivity contribution in [2.24, 2.45) is 0 Å². The second kappa shape index (κ2) is 7.76. The van der Waals surface area contributed by atoms with Crippen molar-refractivity contribution in [2.45, 2.75) is 0 Å². The molecule has 2 amide bonds. The highest BCUT2D eigenvalue weighted by atomic mass is 16.2. The van der Waals surface area contributed by atoms with Crippen molar-refractivity contribution in [2.75, 3.05) is 10.6 Å². The summed E-state index contributed by atoms with van der Waals surface area (Å²) < 4.78 is 0. The third kappa shape index (κ3) is 3.91. The molecule has 0 aromatic heterocycles. The zero-order valence-corrected chi connectivity index (χ0v) is 15.1. The summed E-state index contributed by atoms with van der Waals surface area (Å²) in [5.74, 6) is -0.347. The first kappa shape index (κ1) is 17.5. The molecule has 4 rings (SSSR count). The van der Waals surface area contributed by atoms with Crippen LogP contribution in [0.15, 0.2) is 97.1 Å². The van der Waals surface area contributed by atoms with Crippen molar-refractivity contribution >= 4 is 34.0 Å². The Bertz CT molecular complexity index is 1140. The molecule has 28 heavy (non-hydrogen) atoms. The van der Waals surface area contributed by atoms with Crippen LogP contribution in [0.4, 0.5) is 11.4 Å². The van der Waals surface area contributed by atoms with E-state index < -0.39 is 0 Å². The van der Waals surface area contributed by atoms with Crippen LogP contribution >= 0.6 is 0 Å². The van der Waals surface area contributed by atoms with Gasteiger partial charge in [0.25, 0.3) is 11.8 Å². The maximum Gasteiger partial charge on any atom is 0.255 e. The average Bonchev–Trinajstić information content (AvgIpc) is 2.75. The van der Waals surface area contributed by atoms with E-state index in [2.05, 4.69) is 10.6 Å². The van der Waals surface area contributed by atoms with Crippen LogP contribution in [0, 0.1) is 0 Å². The molecule has 0 saturated heterocycles. The molecule has 0 bridgehead atoms. The fourth-order valence-electron chi connectivity index (χ4n) is 2.96. The molecule has 4 nitrogen and oxygen atoms in total. The van der Waals surface area contributed by atoms with Crippen LogP contribution in [-0.2, 0) is 0 Å². The SMILES string of the molecule is O=C(Nc1ccc(NC(=O)c2ccc3ccccc3c2)cc1)c1ccccc1. The van der Waals surface area contributed by atoms with Crippen molar-refractivity contribution in [1.29, 1.82) is 0 Å². The van der Waals surface area contributed by atoms with Crippen LogP contribution in [0.25, 0.3) is 10.8 Å². The van der Waals surface area contributed by atoms with E-state index >= 15 is 0 Å². The molecule has 4 heteroatoms. The minimum absolute atomic E-state index is 0.173. The van der Waals surface area contributed by atoms with Crippen LogP contribution in [-0.4, -0.2) is 11.8 Å². The van der Waals surface area contributed by atoms with Gasteiger partial charge in [-0.25, -0.2) is 0 Å². The first-order valence-corrected chi connectivity index (χ1v) is 8.96. The number of rotatable bonds is 4. The first-order valence-electron chi connectivity index (χ1n) is 8.96. The van der Waals surface area contributed by atoms with Gasteiger partial charge in [0.15, 0.2) is 0 Å². The largest absolute Gasteiger partial charge is 0.322 e. The molecule has 0 aliphatic rings. The van der Waals surface area contributed by atoms with Gasteiger partial charge in [-0.05, 0) is 59.3 Å². The molecule has 0 aliphatic carbocycles. The third-order valence-corrected chi connectivity index (χ3v) is 4.45. The van der Waals surface area contributed by atoms with E-state index in [9.17, 15) is 9.59 Å². The highest BCUT2D eigenvalue weighted by Crippen LogP contribution is 2.18. The van der Waals surface area contributed by atoms with Crippen molar-refractivity contribution in [3.8, 4) is 0 Å². The Labute approximate surface area is 162 Å². The molecule has 2 N–H and O–H groups in total. The Kier molecular flexibility index (Phi) is 4.85. The summed E-state index contributed by atoms with van der Waals surface area (Å²) in [5.41, 5.74) is 2.52. The molecule has 136 valence electrons. The summed E-state index contributed by atoms with van der Waals surface area (Å²) in [6, 6.07) is 29.6. The minimum atomic E-state index is -0.174. The van der Waals surface area contributed by atoms with E-state index in [-0.39, 0.29) is 11.8 Å². The normalized spacial score (nSPS) is 10.4. The van der Waals surface area contributed by atoms with Gasteiger partial charge in [-0.3, -0.25) is 9.59 Å². The molecule has 0 spiro atoms. The summed E-state index contributed by atoms with van der Waals surface area (Å²) in [6.45, 7) is 0. The number of carbonyl (C=O) groups excluding carboxylic acids is 2. The molecule has 0 atom stereocenters. The van der Waals surface area contributed by atoms with E-state index in [1.807, 2.05) is 60.7 Å². The van der Waals surface area contributed by atoms with Gasteiger partial charge >= 0.3 is 0 Å².